The van der Waals surface area contributed by atoms with E-state index in [0.29, 0.717) is 19.4 Å². The third-order valence-corrected chi connectivity index (χ3v) is 5.07. The van der Waals surface area contributed by atoms with Gasteiger partial charge in [0.1, 0.15) is 0 Å². The fourth-order valence-electron chi connectivity index (χ4n) is 2.40. The maximum atomic E-state index is 12.1. The number of pyridine rings is 1. The van der Waals surface area contributed by atoms with Crippen molar-refractivity contribution in [1.82, 2.24) is 15.3 Å². The Morgan fingerprint density at radius 3 is 2.77 bits per heavy atom. The first-order valence-electron chi connectivity index (χ1n) is 8.40. The molecule has 1 aromatic heterocycles. The molecular formula is C17H24N4O4S. The smallest absolute Gasteiger partial charge is 0.268 e. The van der Waals surface area contributed by atoms with Gasteiger partial charge in [0, 0.05) is 37.2 Å². The molecule has 2 heterocycles. The molecule has 26 heavy (non-hydrogen) atoms. The fraction of sp³-hybridized carbons (Fsp3) is 0.471. The lowest BCUT2D eigenvalue weighted by atomic mass is 10.1. The van der Waals surface area contributed by atoms with Crippen molar-refractivity contribution in [3.8, 4) is 0 Å². The van der Waals surface area contributed by atoms with Gasteiger partial charge in [0.2, 0.25) is 0 Å². The van der Waals surface area contributed by atoms with Crippen LogP contribution in [0.5, 0.6) is 0 Å². The summed E-state index contributed by atoms with van der Waals surface area (Å²) in [6.07, 6.45) is 2.04. The number of nitrogens with zero attached hydrogens (tertiary/aromatic N) is 2. The molecule has 9 heteroatoms. The lowest BCUT2D eigenvalue weighted by Gasteiger charge is -2.22. The topological polar surface area (TPSA) is 129 Å². The Labute approximate surface area is 156 Å². The van der Waals surface area contributed by atoms with E-state index in [9.17, 15) is 19.8 Å². The summed E-state index contributed by atoms with van der Waals surface area (Å²) in [6, 6.07) is 5.37. The number of aromatic nitrogens is 1. The van der Waals surface area contributed by atoms with Crippen molar-refractivity contribution >= 4 is 23.6 Å². The summed E-state index contributed by atoms with van der Waals surface area (Å²) < 4.78 is 0. The Morgan fingerprint density at radius 2 is 2.12 bits per heavy atom. The van der Waals surface area contributed by atoms with E-state index in [0.717, 1.165) is 22.9 Å². The first-order chi connectivity index (χ1) is 12.5. The van der Waals surface area contributed by atoms with E-state index in [1.165, 1.54) is 4.91 Å². The molecule has 2 rings (SSSR count). The third-order valence-electron chi connectivity index (χ3n) is 3.89. The molecule has 1 aliphatic rings. The second-order valence-corrected chi connectivity index (χ2v) is 7.06. The third kappa shape index (κ3) is 6.10. The average Bonchev–Trinajstić information content (AvgIpc) is 3.18. The minimum Gasteiger partial charge on any atom is -0.380 e. The van der Waals surface area contributed by atoms with Crippen LogP contribution in [0.4, 0.5) is 0 Å². The van der Waals surface area contributed by atoms with Crippen LogP contribution in [0.15, 0.2) is 35.4 Å². The number of rotatable bonds is 9. The highest BCUT2D eigenvalue weighted by molar-refractivity contribution is 8.03. The molecule has 5 N–H and O–H groups in total. The molecule has 0 saturated carbocycles. The predicted molar refractivity (Wildman–Crippen MR) is 98.6 cm³/mol. The van der Waals surface area contributed by atoms with E-state index in [2.05, 4.69) is 16.4 Å². The van der Waals surface area contributed by atoms with Gasteiger partial charge in [-0.25, -0.2) is 5.84 Å². The number of amides is 2. The van der Waals surface area contributed by atoms with Crippen LogP contribution >= 0.6 is 11.8 Å². The van der Waals surface area contributed by atoms with Crippen LogP contribution in [0.1, 0.15) is 18.5 Å². The number of carbonyl (C=O) groups excluding carboxylic acids is 2. The number of hydrogen-bond acceptors (Lipinski definition) is 7. The monoisotopic (exact) mass is 380 g/mol. The van der Waals surface area contributed by atoms with Crippen LogP contribution in [0, 0.1) is 0 Å². The maximum Gasteiger partial charge on any atom is 0.268 e. The molecule has 1 aromatic rings. The molecule has 8 nitrogen and oxygen atoms in total. The van der Waals surface area contributed by atoms with E-state index < -0.39 is 24.0 Å². The van der Waals surface area contributed by atoms with Crippen LogP contribution < -0.4 is 11.2 Å². The highest BCUT2D eigenvalue weighted by Gasteiger charge is 2.32. The molecular weight excluding hydrogens is 356 g/mol. The van der Waals surface area contributed by atoms with Gasteiger partial charge in [-0.2, -0.15) is 0 Å². The number of nitrogens with one attached hydrogen (secondary N) is 1. The van der Waals surface area contributed by atoms with Crippen molar-refractivity contribution in [2.45, 2.75) is 31.5 Å². The Morgan fingerprint density at radius 1 is 1.31 bits per heavy atom. The summed E-state index contributed by atoms with van der Waals surface area (Å²) in [7, 11) is 0. The highest BCUT2D eigenvalue weighted by Crippen LogP contribution is 2.26. The van der Waals surface area contributed by atoms with E-state index in [1.54, 1.807) is 30.1 Å². The standard InChI is InChI=1S/C17H24N4O4S/c18-21(10-7-12-4-1-2-8-19-12)17(25)15(23)14(22)16(24)20-9-6-13-5-3-11-26-13/h1-2,4-5,8,14-15,22-23H,3,6-7,9-11,18H2,(H,20,24)/t14-,15-/m1/s1. The predicted octanol–water partition coefficient (Wildman–Crippen LogP) is -0.425. The number of aliphatic hydroxyl groups excluding tert-OH is 2. The molecule has 2 atom stereocenters. The molecule has 0 spiro atoms. The van der Waals surface area contributed by atoms with Crippen molar-refractivity contribution in [3.63, 3.8) is 0 Å². The van der Waals surface area contributed by atoms with E-state index in [-0.39, 0.29) is 6.54 Å². The Kier molecular flexibility index (Phi) is 8.05. The Hall–Kier alpha value is -1.94. The van der Waals surface area contributed by atoms with Crippen LogP contribution in [0.3, 0.4) is 0 Å². The fourth-order valence-corrected chi connectivity index (χ4v) is 3.38. The SMILES string of the molecule is NN(CCc1ccccn1)C(=O)[C@H](O)[C@@H](O)C(=O)NCCC1=CCCS1. The van der Waals surface area contributed by atoms with Crippen LogP contribution in [0.25, 0.3) is 0 Å². The van der Waals surface area contributed by atoms with Crippen LogP contribution in [-0.2, 0) is 16.0 Å². The largest absolute Gasteiger partial charge is 0.380 e. The molecule has 0 saturated heterocycles. The molecule has 2 amide bonds. The second kappa shape index (κ2) is 10.3. The van der Waals surface area contributed by atoms with Gasteiger partial charge >= 0.3 is 0 Å². The molecule has 0 aromatic carbocycles. The molecule has 0 fully saturated rings. The number of aliphatic hydroxyl groups is 2. The zero-order valence-corrected chi connectivity index (χ0v) is 15.2. The number of allylic oxidation sites excluding steroid dienone is 1. The van der Waals surface area contributed by atoms with Gasteiger partial charge in [-0.05, 0) is 29.9 Å². The van der Waals surface area contributed by atoms with Gasteiger partial charge in [0.15, 0.2) is 12.2 Å². The second-order valence-electron chi connectivity index (χ2n) is 5.84. The molecule has 0 aliphatic carbocycles. The number of carbonyl (C=O) groups is 2. The molecule has 0 bridgehead atoms. The van der Waals surface area contributed by atoms with Crippen molar-refractivity contribution < 1.29 is 19.8 Å². The quantitative estimate of drug-likeness (QED) is 0.260. The maximum absolute atomic E-state index is 12.1. The average molecular weight is 380 g/mol. The minimum absolute atomic E-state index is 0.104. The zero-order chi connectivity index (χ0) is 18.9. The van der Waals surface area contributed by atoms with Gasteiger partial charge < -0.3 is 15.5 Å². The number of nitrogens with two attached hydrogens (primary N) is 1. The summed E-state index contributed by atoms with van der Waals surface area (Å²) in [6.45, 7) is 0.439. The van der Waals surface area contributed by atoms with Gasteiger partial charge in [-0.15, -0.1) is 11.8 Å². The number of hydrazine groups is 1. The summed E-state index contributed by atoms with van der Waals surface area (Å²) in [5.41, 5.74) is 0.739. The van der Waals surface area contributed by atoms with Gasteiger partial charge in [-0.1, -0.05) is 12.1 Å². The highest BCUT2D eigenvalue weighted by atomic mass is 32.2. The first kappa shape index (κ1) is 20.4. The lowest BCUT2D eigenvalue weighted by molar-refractivity contribution is -0.153. The first-order valence-corrected chi connectivity index (χ1v) is 9.39. The van der Waals surface area contributed by atoms with E-state index >= 15 is 0 Å². The summed E-state index contributed by atoms with van der Waals surface area (Å²) in [4.78, 5) is 29.3. The van der Waals surface area contributed by atoms with Gasteiger partial charge in [-0.3, -0.25) is 19.6 Å². The van der Waals surface area contributed by atoms with E-state index in [4.69, 9.17) is 5.84 Å². The van der Waals surface area contributed by atoms with Gasteiger partial charge in [0.25, 0.3) is 11.8 Å². The van der Waals surface area contributed by atoms with Crippen LogP contribution in [0.2, 0.25) is 0 Å². The van der Waals surface area contributed by atoms with Crippen molar-refractivity contribution in [1.29, 1.82) is 0 Å². The molecule has 0 unspecified atom stereocenters. The lowest BCUT2D eigenvalue weighted by Crippen LogP contribution is -2.53. The van der Waals surface area contributed by atoms with Crippen molar-refractivity contribution in [3.05, 3.63) is 41.1 Å². The molecule has 142 valence electrons. The molecule has 0 radical (unpaired) electrons. The van der Waals surface area contributed by atoms with E-state index in [1.807, 2.05) is 6.07 Å². The van der Waals surface area contributed by atoms with Crippen LogP contribution in [-0.4, -0.2) is 63.1 Å². The van der Waals surface area contributed by atoms with Crippen molar-refractivity contribution in [2.75, 3.05) is 18.8 Å². The summed E-state index contributed by atoms with van der Waals surface area (Å²) in [5, 5.41) is 23.1. The van der Waals surface area contributed by atoms with Crippen molar-refractivity contribution in [2.24, 2.45) is 5.84 Å². The minimum atomic E-state index is -1.91. The summed E-state index contributed by atoms with van der Waals surface area (Å²) >= 11 is 1.74. The Bertz CT molecular complexity index is 641. The number of thioether (sulfide) groups is 1. The zero-order valence-electron chi connectivity index (χ0n) is 14.4. The Balaban J connectivity index is 1.74. The normalized spacial score (nSPS) is 15.9. The van der Waals surface area contributed by atoms with Gasteiger partial charge in [0.05, 0.1) is 0 Å². The number of hydrogen-bond donors (Lipinski definition) is 4. The summed E-state index contributed by atoms with van der Waals surface area (Å²) in [5.74, 6) is 4.96. The molecule has 1 aliphatic heterocycles.